The van der Waals surface area contributed by atoms with E-state index in [1.165, 1.54) is 0 Å². The molecule has 0 atom stereocenters. The van der Waals surface area contributed by atoms with Crippen LogP contribution in [-0.2, 0) is 9.59 Å². The monoisotopic (exact) mass is 355 g/mol. The maximum Gasteiger partial charge on any atom is 0.254 e. The van der Waals surface area contributed by atoms with Crippen LogP contribution in [0.25, 0.3) is 27.1 Å². The van der Waals surface area contributed by atoms with Crippen molar-refractivity contribution in [3.8, 4) is 0 Å². The number of carbonyl (C=O) groups excluding carboxylic acids is 2. The lowest BCUT2D eigenvalue weighted by atomic mass is 10.0. The Labute approximate surface area is 133 Å². The summed E-state index contributed by atoms with van der Waals surface area (Å²) in [6, 6.07) is 9.29. The summed E-state index contributed by atoms with van der Waals surface area (Å²) in [4.78, 5) is 36.2. The fourth-order valence-electron chi connectivity index (χ4n) is 3.18. The molecule has 1 N–H and O–H groups in total. The van der Waals surface area contributed by atoms with Gasteiger partial charge in [-0.1, -0.05) is 34.1 Å². The number of carbonyl (C=O) groups is 2. The molecule has 1 fully saturated rings. The van der Waals surface area contributed by atoms with Gasteiger partial charge >= 0.3 is 0 Å². The van der Waals surface area contributed by atoms with Crippen LogP contribution in [0.2, 0.25) is 0 Å². The molecule has 0 spiro atoms. The molecule has 0 aliphatic carbocycles. The largest absolute Gasteiger partial charge is 0.293 e. The zero-order valence-corrected chi connectivity index (χ0v) is 13.0. The molecule has 1 saturated heterocycles. The van der Waals surface area contributed by atoms with E-state index in [1.807, 2.05) is 24.3 Å². The van der Waals surface area contributed by atoms with E-state index < -0.39 is 5.91 Å². The van der Waals surface area contributed by atoms with E-state index in [-0.39, 0.29) is 17.8 Å². The highest BCUT2D eigenvalue weighted by Crippen LogP contribution is 2.30. The average molecular weight is 356 g/mol. The molecule has 0 saturated carbocycles. The van der Waals surface area contributed by atoms with Gasteiger partial charge < -0.3 is 0 Å². The third-order valence-corrected chi connectivity index (χ3v) is 4.85. The number of amides is 2. The number of rotatable bonds is 0. The van der Waals surface area contributed by atoms with Gasteiger partial charge in [0, 0.05) is 32.5 Å². The Hall–Kier alpha value is -2.27. The van der Waals surface area contributed by atoms with Gasteiger partial charge in [0.1, 0.15) is 0 Å². The molecular formula is C17H10BrNO3. The summed E-state index contributed by atoms with van der Waals surface area (Å²) >= 11 is 3.50. The first kappa shape index (κ1) is 13.4. The van der Waals surface area contributed by atoms with E-state index in [4.69, 9.17) is 0 Å². The molecule has 3 aromatic rings. The molecule has 0 aromatic heterocycles. The van der Waals surface area contributed by atoms with Crippen LogP contribution in [0.3, 0.4) is 0 Å². The van der Waals surface area contributed by atoms with Crippen molar-refractivity contribution < 1.29 is 9.59 Å². The van der Waals surface area contributed by atoms with Crippen LogP contribution in [0.5, 0.6) is 0 Å². The van der Waals surface area contributed by atoms with Crippen molar-refractivity contribution in [3.05, 3.63) is 50.2 Å². The lowest BCUT2D eigenvalue weighted by Gasteiger charge is -2.12. The molecule has 22 heavy (non-hydrogen) atoms. The topological polar surface area (TPSA) is 63.2 Å². The molecule has 1 aliphatic heterocycles. The Balaban J connectivity index is 2.23. The Morgan fingerprint density at radius 2 is 1.68 bits per heavy atom. The molecule has 4 nitrogen and oxygen atoms in total. The van der Waals surface area contributed by atoms with E-state index in [0.717, 1.165) is 20.6 Å². The fraction of sp³-hybridized carbons (Fsp3) is 0.118. The van der Waals surface area contributed by atoms with E-state index >= 15 is 0 Å². The highest BCUT2D eigenvalue weighted by Gasteiger charge is 2.24. The summed E-state index contributed by atoms with van der Waals surface area (Å²) < 4.78 is 0.912. The van der Waals surface area contributed by atoms with Gasteiger partial charge in [-0.3, -0.25) is 19.7 Å². The van der Waals surface area contributed by atoms with Gasteiger partial charge in [-0.2, -0.15) is 0 Å². The maximum atomic E-state index is 12.8. The first-order valence-electron chi connectivity index (χ1n) is 6.91. The standard InChI is InChI=1S/C17H10BrNO3/c18-12-6-4-10-14-8(12)2-1-3-9(14)15(16(10)21)11-5-7-13(20)19-17(11)22/h1-4,6H,5,7H2,(H,19,20,22). The predicted octanol–water partition coefficient (Wildman–Crippen LogP) is 1.86. The highest BCUT2D eigenvalue weighted by atomic mass is 79.9. The first-order chi connectivity index (χ1) is 10.6. The number of nitrogens with one attached hydrogen (secondary N) is 1. The minimum absolute atomic E-state index is 0.141. The first-order valence-corrected chi connectivity index (χ1v) is 7.71. The SMILES string of the molecule is O=C1CCC(=c2c(=O)c3ccc(Br)c4cccc2c43)C(=O)N1. The van der Waals surface area contributed by atoms with Crippen LogP contribution in [-0.4, -0.2) is 11.8 Å². The van der Waals surface area contributed by atoms with Gasteiger partial charge in [-0.25, -0.2) is 0 Å². The Morgan fingerprint density at radius 3 is 2.45 bits per heavy atom. The number of piperidine rings is 1. The van der Waals surface area contributed by atoms with Crippen molar-refractivity contribution in [1.82, 2.24) is 5.32 Å². The lowest BCUT2D eigenvalue weighted by molar-refractivity contribution is -0.129. The van der Waals surface area contributed by atoms with Crippen LogP contribution < -0.4 is 16.0 Å². The minimum Gasteiger partial charge on any atom is -0.293 e. The number of hydrogen-bond acceptors (Lipinski definition) is 3. The molecule has 108 valence electrons. The van der Waals surface area contributed by atoms with Crippen molar-refractivity contribution in [2.75, 3.05) is 0 Å². The van der Waals surface area contributed by atoms with Crippen molar-refractivity contribution in [2.24, 2.45) is 0 Å². The van der Waals surface area contributed by atoms with E-state index in [9.17, 15) is 14.4 Å². The van der Waals surface area contributed by atoms with Gasteiger partial charge in [0.25, 0.3) is 5.91 Å². The number of halogens is 1. The highest BCUT2D eigenvalue weighted by molar-refractivity contribution is 9.10. The fourth-order valence-corrected chi connectivity index (χ4v) is 3.64. The van der Waals surface area contributed by atoms with E-state index in [1.54, 1.807) is 6.07 Å². The van der Waals surface area contributed by atoms with Crippen molar-refractivity contribution in [1.29, 1.82) is 0 Å². The van der Waals surface area contributed by atoms with Gasteiger partial charge in [-0.05, 0) is 29.3 Å². The van der Waals surface area contributed by atoms with Gasteiger partial charge in [0.15, 0.2) is 5.43 Å². The zero-order chi connectivity index (χ0) is 15.4. The average Bonchev–Trinajstić information content (AvgIpc) is 2.77. The van der Waals surface area contributed by atoms with Crippen LogP contribution in [0.4, 0.5) is 0 Å². The van der Waals surface area contributed by atoms with Gasteiger partial charge in [0.05, 0.1) is 0 Å². The molecule has 0 radical (unpaired) electrons. The van der Waals surface area contributed by atoms with E-state index in [2.05, 4.69) is 21.2 Å². The Bertz CT molecular complexity index is 1070. The van der Waals surface area contributed by atoms with Gasteiger partial charge in [0.2, 0.25) is 5.91 Å². The predicted molar refractivity (Wildman–Crippen MR) is 87.6 cm³/mol. The summed E-state index contributed by atoms with van der Waals surface area (Å²) in [5.41, 5.74) is 0.266. The number of imide groups is 1. The summed E-state index contributed by atoms with van der Waals surface area (Å²) in [5.74, 6) is -0.748. The quantitative estimate of drug-likeness (QED) is 0.626. The molecule has 4 rings (SSSR count). The van der Waals surface area contributed by atoms with Crippen molar-refractivity contribution in [3.63, 3.8) is 0 Å². The molecule has 0 bridgehead atoms. The van der Waals surface area contributed by atoms with Crippen molar-refractivity contribution in [2.45, 2.75) is 12.8 Å². The third kappa shape index (κ3) is 1.72. The Kier molecular flexibility index (Phi) is 2.81. The number of hydrogen-bond donors (Lipinski definition) is 1. The van der Waals surface area contributed by atoms with Crippen LogP contribution >= 0.6 is 15.9 Å². The second-order valence-electron chi connectivity index (χ2n) is 5.38. The molecule has 2 amide bonds. The second-order valence-corrected chi connectivity index (χ2v) is 6.24. The van der Waals surface area contributed by atoms with Crippen LogP contribution in [0.1, 0.15) is 12.8 Å². The van der Waals surface area contributed by atoms with Crippen LogP contribution in [0.15, 0.2) is 39.6 Å². The normalized spacial score (nSPS) is 18.2. The smallest absolute Gasteiger partial charge is 0.254 e. The zero-order valence-electron chi connectivity index (χ0n) is 11.4. The molecular weight excluding hydrogens is 346 g/mol. The molecule has 5 heteroatoms. The molecule has 0 unspecified atom stereocenters. The third-order valence-electron chi connectivity index (χ3n) is 4.16. The molecule has 3 aromatic carbocycles. The summed E-state index contributed by atoms with van der Waals surface area (Å²) in [6.07, 6.45) is 0.533. The summed E-state index contributed by atoms with van der Waals surface area (Å²) in [5, 5.41) is 5.94. The van der Waals surface area contributed by atoms with Crippen molar-refractivity contribution >= 4 is 54.9 Å². The summed E-state index contributed by atoms with van der Waals surface area (Å²) in [7, 11) is 0. The lowest BCUT2D eigenvalue weighted by Crippen LogP contribution is -2.40. The molecule has 1 aliphatic rings. The Morgan fingerprint density at radius 1 is 0.909 bits per heavy atom. The minimum atomic E-state index is -0.455. The maximum absolute atomic E-state index is 12.8. The van der Waals surface area contributed by atoms with Crippen LogP contribution in [0, 0.1) is 0 Å². The van der Waals surface area contributed by atoms with E-state index in [0.29, 0.717) is 22.6 Å². The van der Waals surface area contributed by atoms with Gasteiger partial charge in [-0.15, -0.1) is 0 Å². The number of benzene rings is 2. The molecule has 1 heterocycles. The summed E-state index contributed by atoms with van der Waals surface area (Å²) in [6.45, 7) is 0. The second kappa shape index (κ2) is 4.61.